The molecule has 0 amide bonds. The number of rotatable bonds is 7. The van der Waals surface area contributed by atoms with E-state index >= 15 is 0 Å². The smallest absolute Gasteiger partial charge is 0.294 e. The van der Waals surface area contributed by atoms with Crippen molar-refractivity contribution in [1.82, 2.24) is 5.06 Å². The molecule has 0 aromatic rings. The maximum absolute atomic E-state index is 12.8. The predicted molar refractivity (Wildman–Crippen MR) is 133 cm³/mol. The Bertz CT molecular complexity index is 928. The van der Waals surface area contributed by atoms with E-state index in [1.165, 1.54) is 0 Å². The van der Waals surface area contributed by atoms with Gasteiger partial charge in [0.05, 0.1) is 24.3 Å². The lowest BCUT2D eigenvalue weighted by molar-refractivity contribution is -0.226. The minimum Gasteiger partial charge on any atom is -0.294 e. The van der Waals surface area contributed by atoms with E-state index in [9.17, 15) is 21.6 Å². The van der Waals surface area contributed by atoms with Crippen LogP contribution in [0.25, 0.3) is 0 Å². The van der Waals surface area contributed by atoms with Gasteiger partial charge in [-0.15, -0.1) is 5.54 Å². The Kier molecular flexibility index (Phi) is 8.60. The van der Waals surface area contributed by atoms with E-state index in [0.29, 0.717) is 23.0 Å². The molecule has 3 aliphatic rings. The van der Waals surface area contributed by atoms with Crippen molar-refractivity contribution >= 4 is 18.2 Å². The highest BCUT2D eigenvalue weighted by Crippen LogP contribution is 2.53. The number of alkyl halides is 3. The fourth-order valence-corrected chi connectivity index (χ4v) is 12.7. The first-order valence-electron chi connectivity index (χ1n) is 12.8. The van der Waals surface area contributed by atoms with Gasteiger partial charge in [-0.05, 0) is 61.2 Å². The Morgan fingerprint density at radius 2 is 1.66 bits per heavy atom. The molecule has 2 heterocycles. The third-order valence-corrected chi connectivity index (χ3v) is 15.8. The Hall–Kier alpha value is -0.863. The van der Waals surface area contributed by atoms with Crippen LogP contribution in [0.15, 0.2) is 12.2 Å². The zero-order chi connectivity index (χ0) is 26.2. The summed E-state index contributed by atoms with van der Waals surface area (Å²) in [4.78, 5) is 6.26. The molecular weight excluding hydrogens is 495 g/mol. The summed E-state index contributed by atoms with van der Waals surface area (Å²) in [6.07, 6.45) is 8.87. The second kappa shape index (κ2) is 10.5. The molecule has 200 valence electrons. The van der Waals surface area contributed by atoms with Gasteiger partial charge in [-0.2, -0.15) is 26.7 Å². The summed E-state index contributed by atoms with van der Waals surface area (Å²) in [7, 11) is -7.47. The van der Waals surface area contributed by atoms with E-state index < -0.39 is 36.3 Å². The van der Waals surface area contributed by atoms with Crippen LogP contribution in [0.3, 0.4) is 0 Å². The molecule has 1 spiro atoms. The molecule has 0 radical (unpaired) electrons. The average Bonchev–Trinajstić information content (AvgIpc) is 2.91. The van der Waals surface area contributed by atoms with Crippen LogP contribution in [-0.4, -0.2) is 51.4 Å². The molecule has 2 aliphatic heterocycles. The zero-order valence-electron chi connectivity index (χ0n) is 21.7. The second-order valence-electron chi connectivity index (χ2n) is 11.2. The molecule has 0 aromatic carbocycles. The molecule has 1 aliphatic carbocycles. The standard InChI is InChI=1S/C25H40F3NO4SSi/c1-18(2)35(19(3)4,20(5)6)16-8-7-12-22-23-13-10-15-24(22)14-9-11-21(29(24)33-23)17-32-34(30,31)25(26,27)28/h7,12,18-23H,9-11,13-15,17H2,1-6H3/b12-7-/t21-,22+,23-,24+/m0/s1. The summed E-state index contributed by atoms with van der Waals surface area (Å²) in [6.45, 7) is 13.1. The highest BCUT2D eigenvalue weighted by Gasteiger charge is 2.59. The van der Waals surface area contributed by atoms with Crippen LogP contribution in [0, 0.1) is 17.4 Å². The molecule has 35 heavy (non-hydrogen) atoms. The van der Waals surface area contributed by atoms with Gasteiger partial charge >= 0.3 is 15.6 Å². The lowest BCUT2D eigenvalue weighted by Crippen LogP contribution is -2.56. The Morgan fingerprint density at radius 3 is 2.20 bits per heavy atom. The molecule has 0 N–H and O–H groups in total. The van der Waals surface area contributed by atoms with Gasteiger partial charge in [0.2, 0.25) is 0 Å². The SMILES string of the molecule is CC(C)[Si](C#C/C=C\[C@@H]1[C@@H]2CCC[C@]13CCC[C@@H](COS(=O)(=O)C(F)(F)F)N3O2)(C(C)C)C(C)C. The van der Waals surface area contributed by atoms with E-state index in [2.05, 4.69) is 63.3 Å². The first-order chi connectivity index (χ1) is 16.2. The maximum atomic E-state index is 12.8. The monoisotopic (exact) mass is 535 g/mol. The van der Waals surface area contributed by atoms with Crippen molar-refractivity contribution in [2.75, 3.05) is 6.61 Å². The topological polar surface area (TPSA) is 55.8 Å². The fourth-order valence-electron chi connectivity index (χ4n) is 6.98. The first-order valence-corrected chi connectivity index (χ1v) is 16.4. The number of hydrogen-bond donors (Lipinski definition) is 0. The van der Waals surface area contributed by atoms with Gasteiger partial charge in [-0.25, -0.2) is 0 Å². The zero-order valence-corrected chi connectivity index (χ0v) is 23.5. The van der Waals surface area contributed by atoms with Crippen LogP contribution in [0.4, 0.5) is 13.2 Å². The van der Waals surface area contributed by atoms with Gasteiger partial charge < -0.3 is 0 Å². The van der Waals surface area contributed by atoms with Crippen molar-refractivity contribution in [3.63, 3.8) is 0 Å². The molecule has 4 atom stereocenters. The molecule has 0 aromatic heterocycles. The highest BCUT2D eigenvalue weighted by molar-refractivity contribution is 7.87. The summed E-state index contributed by atoms with van der Waals surface area (Å²) in [5, 5.41) is 1.79. The largest absolute Gasteiger partial charge is 0.523 e. The second-order valence-corrected chi connectivity index (χ2v) is 18.4. The summed E-state index contributed by atoms with van der Waals surface area (Å²) >= 11 is 0. The lowest BCUT2D eigenvalue weighted by Gasteiger charge is -2.47. The van der Waals surface area contributed by atoms with Crippen molar-refractivity contribution in [1.29, 1.82) is 0 Å². The van der Waals surface area contributed by atoms with Crippen LogP contribution >= 0.6 is 0 Å². The molecule has 5 nitrogen and oxygen atoms in total. The van der Waals surface area contributed by atoms with Gasteiger partial charge in [0.1, 0.15) is 8.07 Å². The number of fused-ring (bicyclic) bond motifs is 1. The maximum Gasteiger partial charge on any atom is 0.523 e. The van der Waals surface area contributed by atoms with Crippen LogP contribution in [-0.2, 0) is 19.1 Å². The minimum atomic E-state index is -5.63. The van der Waals surface area contributed by atoms with Crippen molar-refractivity contribution in [3.8, 4) is 11.5 Å². The van der Waals surface area contributed by atoms with Gasteiger partial charge in [0.25, 0.3) is 0 Å². The Labute approximate surface area is 209 Å². The molecule has 10 heteroatoms. The van der Waals surface area contributed by atoms with Gasteiger partial charge in [0.15, 0.2) is 0 Å². The number of piperidine rings is 1. The van der Waals surface area contributed by atoms with Crippen molar-refractivity contribution < 1.29 is 30.6 Å². The number of hydrogen-bond acceptors (Lipinski definition) is 5. The van der Waals surface area contributed by atoms with E-state index in [0.717, 1.165) is 32.1 Å². The van der Waals surface area contributed by atoms with Gasteiger partial charge in [-0.3, -0.25) is 9.02 Å². The number of hydroxylamine groups is 2. The summed E-state index contributed by atoms with van der Waals surface area (Å²) in [5.41, 5.74) is -0.447. The Balaban J connectivity index is 1.82. The summed E-state index contributed by atoms with van der Waals surface area (Å²) in [5.74, 6) is 3.45. The van der Waals surface area contributed by atoms with E-state index in [1.54, 1.807) is 5.06 Å². The normalized spacial score (nSPS) is 30.2. The quantitative estimate of drug-likeness (QED) is 0.165. The molecule has 3 fully saturated rings. The Morgan fingerprint density at radius 1 is 1.09 bits per heavy atom. The predicted octanol–water partition coefficient (Wildman–Crippen LogP) is 6.34. The number of halogens is 3. The number of nitrogens with zero attached hydrogens (tertiary/aromatic N) is 1. The van der Waals surface area contributed by atoms with Crippen LogP contribution in [0.5, 0.6) is 0 Å². The minimum absolute atomic E-state index is 0.0702. The van der Waals surface area contributed by atoms with Crippen molar-refractivity contribution in [2.24, 2.45) is 5.92 Å². The van der Waals surface area contributed by atoms with E-state index in [-0.39, 0.29) is 17.6 Å². The highest BCUT2D eigenvalue weighted by atomic mass is 32.2. The third-order valence-electron chi connectivity index (χ3n) is 8.53. The van der Waals surface area contributed by atoms with E-state index in [1.807, 2.05) is 6.08 Å². The third kappa shape index (κ3) is 5.26. The van der Waals surface area contributed by atoms with Gasteiger partial charge in [-0.1, -0.05) is 53.5 Å². The fraction of sp³-hybridized carbons (Fsp3) is 0.840. The molecule has 2 bridgehead atoms. The van der Waals surface area contributed by atoms with Gasteiger partial charge in [0, 0.05) is 5.92 Å². The summed E-state index contributed by atoms with van der Waals surface area (Å²) < 4.78 is 65.6. The lowest BCUT2D eigenvalue weighted by atomic mass is 9.67. The summed E-state index contributed by atoms with van der Waals surface area (Å²) in [6, 6.07) is -0.533. The first kappa shape index (κ1) is 28.7. The molecule has 3 rings (SSSR count). The molecular formula is C25H40F3NO4SSi. The van der Waals surface area contributed by atoms with Crippen molar-refractivity contribution in [3.05, 3.63) is 12.2 Å². The van der Waals surface area contributed by atoms with Crippen molar-refractivity contribution in [2.45, 2.75) is 120 Å². The molecule has 0 unspecified atom stereocenters. The number of allylic oxidation sites excluding steroid dienone is 1. The molecule has 2 saturated heterocycles. The van der Waals surface area contributed by atoms with Crippen LogP contribution < -0.4 is 0 Å². The average molecular weight is 536 g/mol. The molecule has 1 saturated carbocycles. The van der Waals surface area contributed by atoms with Crippen LogP contribution in [0.2, 0.25) is 16.6 Å². The van der Waals surface area contributed by atoms with Crippen LogP contribution in [0.1, 0.15) is 80.1 Å². The van der Waals surface area contributed by atoms with E-state index in [4.69, 9.17) is 4.84 Å².